The third kappa shape index (κ3) is 15.3. The topological polar surface area (TPSA) is 253 Å². The number of piperidine rings is 2. The third-order valence-corrected chi connectivity index (χ3v) is 14.9. The fourth-order valence-electron chi connectivity index (χ4n) is 10.5. The molecule has 3 N–H and O–H groups in total. The lowest BCUT2D eigenvalue weighted by Gasteiger charge is -2.37. The number of carbonyl (C=O) groups excluding carboxylic acids is 8. The highest BCUT2D eigenvalue weighted by atomic mass is 16.5. The van der Waals surface area contributed by atoms with Crippen molar-refractivity contribution in [3.63, 3.8) is 0 Å². The smallest absolute Gasteiger partial charge is 0.329 e. The van der Waals surface area contributed by atoms with Crippen LogP contribution in [0.25, 0.3) is 0 Å². The molecule has 0 saturated carbocycles. The van der Waals surface area contributed by atoms with E-state index in [2.05, 4.69) is 16.0 Å². The first kappa shape index (κ1) is 61.3. The van der Waals surface area contributed by atoms with E-state index >= 15 is 0 Å². The third-order valence-electron chi connectivity index (χ3n) is 14.9. The van der Waals surface area contributed by atoms with Gasteiger partial charge in [0, 0.05) is 26.1 Å². The van der Waals surface area contributed by atoms with E-state index in [1.54, 1.807) is 43.4 Å². The van der Waals surface area contributed by atoms with Gasteiger partial charge in [-0.05, 0) is 123 Å². The number of nitrogens with zero attached hydrogens (tertiary/aromatic N) is 2. The van der Waals surface area contributed by atoms with E-state index in [-0.39, 0.29) is 54.7 Å². The van der Waals surface area contributed by atoms with Crippen LogP contribution in [0.15, 0.2) is 72.8 Å². The van der Waals surface area contributed by atoms with Crippen LogP contribution >= 0.6 is 0 Å². The lowest BCUT2D eigenvalue weighted by molar-refractivity contribution is -0.162. The minimum Gasteiger partial charge on any atom is -0.493 e. The summed E-state index contributed by atoms with van der Waals surface area (Å²) < 4.78 is 45.6. The average Bonchev–Trinajstić information content (AvgIpc) is 3.95. The Bertz CT molecular complexity index is 2900. The van der Waals surface area contributed by atoms with Gasteiger partial charge in [-0.1, -0.05) is 56.9 Å². The molecule has 4 aromatic carbocycles. The molecule has 0 spiro atoms. The first-order valence-electron chi connectivity index (χ1n) is 28.0. The molecule has 21 heteroatoms. The number of fused-ring (bicyclic) bond motifs is 1. The number of hydrogen-bond acceptors (Lipinski definition) is 16. The van der Waals surface area contributed by atoms with Gasteiger partial charge in [0.1, 0.15) is 29.7 Å². The number of carbonyl (C=O) groups is 8. The van der Waals surface area contributed by atoms with E-state index < -0.39 is 59.6 Å². The maximum atomic E-state index is 14.5. The summed E-state index contributed by atoms with van der Waals surface area (Å²) in [7, 11) is 7.72. The van der Waals surface area contributed by atoms with Crippen molar-refractivity contribution in [2.24, 2.45) is 0 Å². The van der Waals surface area contributed by atoms with Gasteiger partial charge in [-0.3, -0.25) is 43.8 Å². The van der Waals surface area contributed by atoms with Crippen molar-refractivity contribution in [2.75, 3.05) is 68.4 Å². The number of unbranched alkanes of at least 4 members (excludes halogenated alkanes) is 5. The van der Waals surface area contributed by atoms with Gasteiger partial charge in [-0.2, -0.15) is 0 Å². The number of nitrogens with one attached hydrogen (secondary N) is 3. The maximum absolute atomic E-state index is 14.5. The molecule has 3 aliphatic heterocycles. The zero-order valence-electron chi connectivity index (χ0n) is 47.6. The summed E-state index contributed by atoms with van der Waals surface area (Å²) in [6.45, 7) is 2.66. The number of benzene rings is 4. The highest BCUT2D eigenvalue weighted by molar-refractivity contribution is 6.24. The molecule has 82 heavy (non-hydrogen) atoms. The fourth-order valence-corrected chi connectivity index (χ4v) is 10.5. The summed E-state index contributed by atoms with van der Waals surface area (Å²) in [6.07, 6.45) is 7.84. The quantitative estimate of drug-likeness (QED) is 0.0271. The predicted molar refractivity (Wildman–Crippen MR) is 299 cm³/mol. The zero-order valence-corrected chi connectivity index (χ0v) is 47.6. The number of amides is 7. The van der Waals surface area contributed by atoms with Crippen LogP contribution in [-0.4, -0.2) is 138 Å². The molecule has 0 aliphatic carbocycles. The molecular weight excluding hydrogens is 1060 g/mol. The minimum absolute atomic E-state index is 0.00140. The zero-order chi connectivity index (χ0) is 58.7. The molecule has 7 rings (SSSR count). The van der Waals surface area contributed by atoms with Crippen molar-refractivity contribution in [1.82, 2.24) is 25.8 Å². The second-order valence-electron chi connectivity index (χ2n) is 20.2. The first-order valence-corrected chi connectivity index (χ1v) is 28.0. The Labute approximate surface area is 477 Å². The summed E-state index contributed by atoms with van der Waals surface area (Å²) in [5, 5.41) is 7.88. The van der Waals surface area contributed by atoms with E-state index in [0.29, 0.717) is 90.9 Å². The summed E-state index contributed by atoms with van der Waals surface area (Å²) in [6, 6.07) is 18.9. The highest BCUT2D eigenvalue weighted by Gasteiger charge is 2.46. The van der Waals surface area contributed by atoms with Crippen molar-refractivity contribution in [2.45, 2.75) is 121 Å². The summed E-state index contributed by atoms with van der Waals surface area (Å²) in [4.78, 5) is 107. The predicted octanol–water partition coefficient (Wildman–Crippen LogP) is 6.95. The number of likely N-dealkylation sites (tertiary alicyclic amines) is 1. The molecular formula is C61H75N5O16. The monoisotopic (exact) mass is 1130 g/mol. The van der Waals surface area contributed by atoms with E-state index in [0.717, 1.165) is 61.8 Å². The largest absolute Gasteiger partial charge is 0.493 e. The van der Waals surface area contributed by atoms with Crippen molar-refractivity contribution in [3.05, 3.63) is 101 Å². The number of ether oxygens (including phenoxy) is 8. The molecule has 4 atom stereocenters. The lowest BCUT2D eigenvalue weighted by atomic mass is 9.91. The van der Waals surface area contributed by atoms with Gasteiger partial charge in [-0.15, -0.1) is 0 Å². The SMILES string of the molecule is CC[C@H](C(=O)N1CCCC[C@H]1C(=O)O[C@H](CCc1ccc(OC)c(OC)c1)c1ccc(OCC(=O)NCCCCCCCCNC(=O)COc2cccc3c2C(=O)N(C2CCC(=O)NC2=O)C3=O)cc1)c1cc(OC)c(OC)c(OC)c1. The Morgan fingerprint density at radius 3 is 1.93 bits per heavy atom. The summed E-state index contributed by atoms with van der Waals surface area (Å²) in [5.41, 5.74) is 2.38. The maximum Gasteiger partial charge on any atom is 0.329 e. The van der Waals surface area contributed by atoms with Crippen LogP contribution in [0.4, 0.5) is 0 Å². The van der Waals surface area contributed by atoms with E-state index in [4.69, 9.17) is 37.9 Å². The van der Waals surface area contributed by atoms with Crippen molar-refractivity contribution >= 4 is 47.3 Å². The van der Waals surface area contributed by atoms with E-state index in [1.807, 2.05) is 37.3 Å². The van der Waals surface area contributed by atoms with Crippen LogP contribution < -0.4 is 49.1 Å². The van der Waals surface area contributed by atoms with Crippen molar-refractivity contribution < 1.29 is 76.3 Å². The Hall–Kier alpha value is -8.36. The number of hydrogen-bond donors (Lipinski definition) is 3. The van der Waals surface area contributed by atoms with Gasteiger partial charge in [0.25, 0.3) is 23.6 Å². The van der Waals surface area contributed by atoms with Crippen LogP contribution in [-0.2, 0) is 39.9 Å². The Balaban J connectivity index is 0.837. The molecule has 4 aromatic rings. The molecule has 7 amide bonds. The molecule has 3 aliphatic rings. The van der Waals surface area contributed by atoms with E-state index in [1.165, 1.54) is 39.5 Å². The number of methoxy groups -OCH3 is 5. The minimum atomic E-state index is -1.11. The van der Waals surface area contributed by atoms with Crippen LogP contribution in [0.2, 0.25) is 0 Å². The summed E-state index contributed by atoms with van der Waals surface area (Å²) in [5.74, 6) is -1.52. The first-order chi connectivity index (χ1) is 39.7. The summed E-state index contributed by atoms with van der Waals surface area (Å²) >= 11 is 0. The van der Waals surface area contributed by atoms with Gasteiger partial charge in [-0.25, -0.2) is 4.79 Å². The second kappa shape index (κ2) is 29.9. The number of rotatable bonds is 30. The Morgan fingerprint density at radius 2 is 1.30 bits per heavy atom. The number of imide groups is 2. The van der Waals surface area contributed by atoms with E-state index in [9.17, 15) is 38.4 Å². The van der Waals surface area contributed by atoms with Gasteiger partial charge >= 0.3 is 5.97 Å². The van der Waals surface area contributed by atoms with Crippen LogP contribution in [0, 0.1) is 0 Å². The number of aryl methyl sites for hydroxylation is 1. The number of esters is 1. The average molecular weight is 1130 g/mol. The standard InChI is InChI=1S/C61H75N5O16/c1-7-42(40-34-50(77-4)56(79-6)51(35-40)78-5)58(71)65-32-15-12-18-45(65)61(74)82-46(27-20-38-21-28-47(75-2)49(33-38)76-3)39-22-24-41(25-23-39)80-36-53(68)62-30-13-10-8-9-11-14-31-63-54(69)37-81-48-19-16-17-43-55(48)60(73)66(59(43)72)44-26-29-52(67)64-57(44)70/h16-17,19,21-25,28,33-35,42,44-46H,7-15,18,20,26-27,29-32,36-37H2,1-6H3,(H,62,68)(H,63,69)(H,64,67,70)/t42-,44?,45-,46+/m0/s1. The molecule has 1 unspecified atom stereocenters. The van der Waals surface area contributed by atoms with Gasteiger partial charge in [0.15, 0.2) is 36.2 Å². The molecule has 440 valence electrons. The molecule has 3 heterocycles. The van der Waals surface area contributed by atoms with Crippen LogP contribution in [0.3, 0.4) is 0 Å². The van der Waals surface area contributed by atoms with Gasteiger partial charge < -0.3 is 53.4 Å². The van der Waals surface area contributed by atoms with Gasteiger partial charge in [0.2, 0.25) is 23.5 Å². The molecule has 0 bridgehead atoms. The highest BCUT2D eigenvalue weighted by Crippen LogP contribution is 2.42. The Morgan fingerprint density at radius 1 is 0.659 bits per heavy atom. The van der Waals surface area contributed by atoms with Crippen molar-refractivity contribution in [1.29, 1.82) is 0 Å². The fraction of sp³-hybridized carbons (Fsp3) is 0.475. The Kier molecular flexibility index (Phi) is 22.3. The molecule has 2 saturated heterocycles. The molecule has 2 fully saturated rings. The molecule has 21 nitrogen and oxygen atoms in total. The van der Waals surface area contributed by atoms with Gasteiger partial charge in [0.05, 0.1) is 52.6 Å². The molecule has 0 radical (unpaired) electrons. The van der Waals surface area contributed by atoms with Crippen molar-refractivity contribution in [3.8, 4) is 40.2 Å². The second-order valence-corrected chi connectivity index (χ2v) is 20.2. The van der Waals surface area contributed by atoms with Crippen LogP contribution in [0.5, 0.6) is 40.2 Å². The lowest BCUT2D eigenvalue weighted by Crippen LogP contribution is -2.54. The van der Waals surface area contributed by atoms with Crippen LogP contribution in [0.1, 0.15) is 140 Å². The normalized spacial score (nSPS) is 16.5. The molecule has 0 aromatic heterocycles.